The highest BCUT2D eigenvalue weighted by molar-refractivity contribution is 6.45. The van der Waals surface area contributed by atoms with E-state index in [1.54, 1.807) is 27.2 Å². The van der Waals surface area contributed by atoms with Crippen molar-refractivity contribution in [2.24, 2.45) is 4.99 Å². The maximum Gasteiger partial charge on any atom is 0.271 e. The van der Waals surface area contributed by atoms with Crippen LogP contribution in [0.1, 0.15) is 45.7 Å². The maximum absolute atomic E-state index is 14.2. The number of pyridine rings is 1. The summed E-state index contributed by atoms with van der Waals surface area (Å²) in [5, 5.41) is 0. The SMILES string of the molecule is CCC/C(C)=C(/CCOc1cc(F)ccc1-c1ccc2ncc(CC)n2c1)C(=NC)C(=O)N(C)C. The van der Waals surface area contributed by atoms with Crippen LogP contribution < -0.4 is 4.74 Å². The normalized spacial score (nSPS) is 12.6. The van der Waals surface area contributed by atoms with Crippen LogP contribution in [0, 0.1) is 5.82 Å². The average Bonchev–Trinajstić information content (AvgIpc) is 3.25. The zero-order chi connectivity index (χ0) is 25.5. The first-order chi connectivity index (χ1) is 16.8. The van der Waals surface area contributed by atoms with Crippen molar-refractivity contribution in [2.75, 3.05) is 27.7 Å². The quantitative estimate of drug-likeness (QED) is 0.349. The van der Waals surface area contributed by atoms with E-state index < -0.39 is 0 Å². The smallest absolute Gasteiger partial charge is 0.271 e. The van der Waals surface area contributed by atoms with E-state index in [2.05, 4.69) is 23.8 Å². The number of aromatic nitrogens is 2. The van der Waals surface area contributed by atoms with Gasteiger partial charge in [-0.2, -0.15) is 0 Å². The minimum atomic E-state index is -0.363. The van der Waals surface area contributed by atoms with Gasteiger partial charge in [0.1, 0.15) is 22.9 Å². The monoisotopic (exact) mass is 478 g/mol. The van der Waals surface area contributed by atoms with Crippen LogP contribution in [0.5, 0.6) is 5.75 Å². The standard InChI is InChI=1S/C28H35FN4O2/c1-7-9-19(3)23(27(30-4)28(34)32(5)6)14-15-35-25-16-21(29)11-12-24(25)20-10-13-26-31-17-22(8-2)33(26)18-20/h10-13,16-18H,7-9,14-15H2,1-6H3/b23-19-,30-27?. The van der Waals surface area contributed by atoms with Crippen LogP contribution in [0.15, 0.2) is 58.9 Å². The molecule has 0 fully saturated rings. The van der Waals surface area contributed by atoms with E-state index in [1.807, 2.05) is 35.9 Å². The van der Waals surface area contributed by atoms with Gasteiger partial charge in [-0.15, -0.1) is 0 Å². The second-order valence-electron chi connectivity index (χ2n) is 8.77. The number of carbonyl (C=O) groups is 1. The molecule has 0 aliphatic carbocycles. The number of aryl methyl sites for hydroxylation is 1. The molecule has 0 saturated carbocycles. The van der Waals surface area contributed by atoms with Crippen LogP contribution in [0.3, 0.4) is 0 Å². The molecule has 0 spiro atoms. The molecule has 0 saturated heterocycles. The number of rotatable bonds is 10. The first-order valence-corrected chi connectivity index (χ1v) is 12.1. The number of hydrogen-bond acceptors (Lipinski definition) is 4. The van der Waals surface area contributed by atoms with Crippen molar-refractivity contribution in [3.63, 3.8) is 0 Å². The Hall–Kier alpha value is -3.48. The number of aliphatic imine (C=N–C) groups is 1. The second-order valence-corrected chi connectivity index (χ2v) is 8.77. The molecular formula is C28H35FN4O2. The van der Waals surface area contributed by atoms with Gasteiger partial charge < -0.3 is 14.0 Å². The van der Waals surface area contributed by atoms with Crippen LogP contribution in [0.25, 0.3) is 16.8 Å². The van der Waals surface area contributed by atoms with Crippen LogP contribution >= 0.6 is 0 Å². The van der Waals surface area contributed by atoms with E-state index >= 15 is 0 Å². The van der Waals surface area contributed by atoms with Crippen molar-refractivity contribution in [1.82, 2.24) is 14.3 Å². The highest BCUT2D eigenvalue weighted by atomic mass is 19.1. The number of carbonyl (C=O) groups excluding carboxylic acids is 1. The second kappa shape index (κ2) is 11.8. The van der Waals surface area contributed by atoms with Gasteiger partial charge in [0.15, 0.2) is 0 Å². The minimum absolute atomic E-state index is 0.134. The topological polar surface area (TPSA) is 59.2 Å². The van der Waals surface area contributed by atoms with Crippen molar-refractivity contribution >= 4 is 17.3 Å². The number of hydrogen-bond donors (Lipinski definition) is 0. The third kappa shape index (κ3) is 5.96. The van der Waals surface area contributed by atoms with Crippen molar-refractivity contribution in [2.45, 2.75) is 46.5 Å². The summed E-state index contributed by atoms with van der Waals surface area (Å²) in [4.78, 5) is 23.0. The van der Waals surface area contributed by atoms with Gasteiger partial charge in [0, 0.05) is 62.8 Å². The molecule has 0 N–H and O–H groups in total. The van der Waals surface area contributed by atoms with Gasteiger partial charge in [-0.05, 0) is 49.6 Å². The van der Waals surface area contributed by atoms with E-state index in [0.717, 1.165) is 52.9 Å². The Kier molecular flexibility index (Phi) is 8.79. The molecule has 2 aromatic heterocycles. The predicted octanol–water partition coefficient (Wildman–Crippen LogP) is 5.75. The van der Waals surface area contributed by atoms with E-state index in [1.165, 1.54) is 17.0 Å². The zero-order valence-electron chi connectivity index (χ0n) is 21.6. The van der Waals surface area contributed by atoms with Gasteiger partial charge >= 0.3 is 0 Å². The summed E-state index contributed by atoms with van der Waals surface area (Å²) in [6, 6.07) is 8.51. The summed E-state index contributed by atoms with van der Waals surface area (Å²) in [5.74, 6) is -0.0353. The molecule has 0 radical (unpaired) electrons. The lowest BCUT2D eigenvalue weighted by molar-refractivity contribution is -0.121. The fourth-order valence-corrected chi connectivity index (χ4v) is 4.20. The fraction of sp³-hybridized carbons (Fsp3) is 0.393. The summed E-state index contributed by atoms with van der Waals surface area (Å²) in [5.41, 5.74) is 6.13. The van der Waals surface area contributed by atoms with Crippen LogP contribution in [0.4, 0.5) is 4.39 Å². The van der Waals surface area contributed by atoms with E-state index in [-0.39, 0.29) is 11.7 Å². The number of fused-ring (bicyclic) bond motifs is 1. The molecule has 1 amide bonds. The lowest BCUT2D eigenvalue weighted by Crippen LogP contribution is -2.32. The molecule has 7 heteroatoms. The molecule has 3 rings (SSSR count). The number of amides is 1. The van der Waals surface area contributed by atoms with Gasteiger partial charge in [0.05, 0.1) is 6.61 Å². The van der Waals surface area contributed by atoms with Crippen molar-refractivity contribution in [3.8, 4) is 16.9 Å². The van der Waals surface area contributed by atoms with Crippen molar-refractivity contribution in [1.29, 1.82) is 0 Å². The fourth-order valence-electron chi connectivity index (χ4n) is 4.20. The lowest BCUT2D eigenvalue weighted by atomic mass is 9.97. The number of benzene rings is 1. The first kappa shape index (κ1) is 26.1. The Balaban J connectivity index is 1.90. The minimum Gasteiger partial charge on any atom is -0.492 e. The number of nitrogens with zero attached hydrogens (tertiary/aromatic N) is 4. The lowest BCUT2D eigenvalue weighted by Gasteiger charge is -2.19. The molecule has 0 aliphatic rings. The first-order valence-electron chi connectivity index (χ1n) is 12.1. The number of imidazole rings is 1. The largest absolute Gasteiger partial charge is 0.492 e. The number of ether oxygens (including phenoxy) is 1. The highest BCUT2D eigenvalue weighted by Gasteiger charge is 2.20. The number of halogens is 1. The van der Waals surface area contributed by atoms with Gasteiger partial charge in [0.25, 0.3) is 5.91 Å². The highest BCUT2D eigenvalue weighted by Crippen LogP contribution is 2.32. The average molecular weight is 479 g/mol. The molecule has 35 heavy (non-hydrogen) atoms. The summed E-state index contributed by atoms with van der Waals surface area (Å²) in [7, 11) is 5.08. The predicted molar refractivity (Wildman–Crippen MR) is 140 cm³/mol. The van der Waals surface area contributed by atoms with Crippen LogP contribution in [-0.2, 0) is 11.2 Å². The Bertz CT molecular complexity index is 1260. The van der Waals surface area contributed by atoms with Crippen LogP contribution in [-0.4, -0.2) is 53.7 Å². The third-order valence-corrected chi connectivity index (χ3v) is 6.07. The molecule has 1 aromatic carbocycles. The molecule has 3 aromatic rings. The zero-order valence-corrected chi connectivity index (χ0v) is 21.6. The Morgan fingerprint density at radius 1 is 1.17 bits per heavy atom. The van der Waals surface area contributed by atoms with Gasteiger partial charge in [-0.3, -0.25) is 9.79 Å². The van der Waals surface area contributed by atoms with Gasteiger partial charge in [-0.25, -0.2) is 9.37 Å². The van der Waals surface area contributed by atoms with E-state index in [4.69, 9.17) is 4.74 Å². The molecular weight excluding hydrogens is 443 g/mol. The molecule has 186 valence electrons. The molecule has 0 bridgehead atoms. The van der Waals surface area contributed by atoms with Gasteiger partial charge in [-0.1, -0.05) is 25.8 Å². The summed E-state index contributed by atoms with van der Waals surface area (Å²) >= 11 is 0. The Morgan fingerprint density at radius 3 is 2.60 bits per heavy atom. The summed E-state index contributed by atoms with van der Waals surface area (Å²) in [6.07, 6.45) is 7.06. The van der Waals surface area contributed by atoms with Gasteiger partial charge in [0.2, 0.25) is 0 Å². The molecule has 0 aliphatic heterocycles. The van der Waals surface area contributed by atoms with E-state index in [0.29, 0.717) is 24.5 Å². The molecule has 0 atom stereocenters. The summed E-state index contributed by atoms with van der Waals surface area (Å²) < 4.78 is 22.4. The molecule has 2 heterocycles. The van der Waals surface area contributed by atoms with Crippen molar-refractivity contribution in [3.05, 3.63) is 65.4 Å². The Labute approximate surface area is 207 Å². The third-order valence-electron chi connectivity index (χ3n) is 6.07. The molecule has 6 nitrogen and oxygen atoms in total. The van der Waals surface area contributed by atoms with E-state index in [9.17, 15) is 9.18 Å². The Morgan fingerprint density at radius 2 is 1.94 bits per heavy atom. The van der Waals surface area contributed by atoms with Crippen LogP contribution in [0.2, 0.25) is 0 Å². The maximum atomic E-state index is 14.2. The number of allylic oxidation sites excluding steroid dienone is 1. The molecule has 0 unspecified atom stereocenters. The summed E-state index contributed by atoms with van der Waals surface area (Å²) in [6.45, 7) is 6.52. The van der Waals surface area contributed by atoms with Crippen molar-refractivity contribution < 1.29 is 13.9 Å².